The molecule has 0 spiro atoms. The molecule has 1 aliphatic heterocycles. The van der Waals surface area contributed by atoms with Gasteiger partial charge >= 0.3 is 11.9 Å². The first kappa shape index (κ1) is 14.0. The van der Waals surface area contributed by atoms with Crippen molar-refractivity contribution in [1.82, 2.24) is 4.90 Å². The van der Waals surface area contributed by atoms with E-state index in [4.69, 9.17) is 14.3 Å². The minimum atomic E-state index is -1.06. The van der Waals surface area contributed by atoms with Crippen LogP contribution in [0.25, 0.3) is 0 Å². The fourth-order valence-electron chi connectivity index (χ4n) is 2.03. The lowest BCUT2D eigenvalue weighted by Gasteiger charge is -2.25. The zero-order valence-electron chi connectivity index (χ0n) is 10.5. The van der Waals surface area contributed by atoms with Gasteiger partial charge in [-0.1, -0.05) is 0 Å². The summed E-state index contributed by atoms with van der Waals surface area (Å²) in [6.07, 6.45) is 0. The number of carboxylic acid groups (broad SMARTS) is 1. The zero-order chi connectivity index (χ0) is 14.9. The lowest BCUT2D eigenvalue weighted by molar-refractivity contribution is -0.402. The van der Waals surface area contributed by atoms with E-state index in [0.29, 0.717) is 0 Å². The molecule has 0 aromatic carbocycles. The average Bonchev–Trinajstić information content (AvgIpc) is 3.05. The summed E-state index contributed by atoms with van der Waals surface area (Å²) in [5, 5.41) is 19.5. The molecule has 1 amide bonds. The Morgan fingerprint density at radius 1 is 1.45 bits per heavy atom. The normalized spacial score (nSPS) is 21.6. The van der Waals surface area contributed by atoms with Crippen LogP contribution in [0.15, 0.2) is 16.5 Å². The van der Waals surface area contributed by atoms with Crippen LogP contribution in [0.5, 0.6) is 0 Å². The maximum Gasteiger partial charge on any atom is 0.433 e. The van der Waals surface area contributed by atoms with E-state index in [2.05, 4.69) is 0 Å². The Hall–Kier alpha value is -2.42. The first-order valence-corrected chi connectivity index (χ1v) is 5.73. The summed E-state index contributed by atoms with van der Waals surface area (Å²) in [6.45, 7) is 0.123. The molecule has 0 radical (unpaired) electrons. The minimum absolute atomic E-state index is 0.0237. The lowest BCUT2D eigenvalue weighted by Crippen LogP contribution is -2.44. The summed E-state index contributed by atoms with van der Waals surface area (Å²) < 4.78 is 9.87. The molecule has 2 heterocycles. The second-order valence-electron chi connectivity index (χ2n) is 4.36. The largest absolute Gasteiger partial charge is 0.481 e. The average molecular weight is 284 g/mol. The van der Waals surface area contributed by atoms with Crippen molar-refractivity contribution in [2.24, 2.45) is 5.92 Å². The number of nitrogens with zero attached hydrogens (tertiary/aromatic N) is 2. The van der Waals surface area contributed by atoms with Gasteiger partial charge in [0.05, 0.1) is 25.3 Å². The summed E-state index contributed by atoms with van der Waals surface area (Å²) in [7, 11) is 1.41. The van der Waals surface area contributed by atoms with Crippen LogP contribution in [0.4, 0.5) is 5.88 Å². The summed E-state index contributed by atoms with van der Waals surface area (Å²) in [5.41, 5.74) is 0. The smallest absolute Gasteiger partial charge is 0.433 e. The molecule has 1 N–H and O–H groups in total. The molecule has 0 aliphatic carbocycles. The number of carbonyl (C=O) groups is 2. The third kappa shape index (κ3) is 2.48. The fraction of sp³-hybridized carbons (Fsp3) is 0.455. The van der Waals surface area contributed by atoms with E-state index in [9.17, 15) is 19.7 Å². The van der Waals surface area contributed by atoms with E-state index in [1.807, 2.05) is 0 Å². The molecule has 0 saturated carbocycles. The van der Waals surface area contributed by atoms with Crippen molar-refractivity contribution in [1.29, 1.82) is 0 Å². The van der Waals surface area contributed by atoms with Crippen LogP contribution in [0.1, 0.15) is 10.6 Å². The summed E-state index contributed by atoms with van der Waals surface area (Å²) >= 11 is 0. The highest BCUT2D eigenvalue weighted by Gasteiger charge is 2.39. The van der Waals surface area contributed by atoms with Gasteiger partial charge in [-0.05, 0) is 6.07 Å². The van der Waals surface area contributed by atoms with Crippen molar-refractivity contribution in [3.63, 3.8) is 0 Å². The molecule has 2 rings (SSSR count). The van der Waals surface area contributed by atoms with E-state index in [1.54, 1.807) is 0 Å². The molecule has 2 atom stereocenters. The van der Waals surface area contributed by atoms with Crippen LogP contribution < -0.4 is 0 Å². The molecule has 1 fully saturated rings. The maximum atomic E-state index is 12.1. The van der Waals surface area contributed by atoms with Gasteiger partial charge in [0.2, 0.25) is 0 Å². The number of nitro groups is 1. The fourth-order valence-corrected chi connectivity index (χ4v) is 2.03. The van der Waals surface area contributed by atoms with E-state index < -0.39 is 34.6 Å². The number of furan rings is 1. The Balaban J connectivity index is 2.15. The number of likely N-dealkylation sites (N-methyl/N-ethyl adjacent to an activating group) is 1. The Labute approximate surface area is 112 Å². The molecule has 9 nitrogen and oxygen atoms in total. The Bertz CT molecular complexity index is 553. The number of amides is 1. The highest BCUT2D eigenvalue weighted by atomic mass is 16.6. The zero-order valence-corrected chi connectivity index (χ0v) is 10.5. The first-order valence-electron chi connectivity index (χ1n) is 5.73. The second-order valence-corrected chi connectivity index (χ2v) is 4.36. The second kappa shape index (κ2) is 5.29. The third-order valence-electron chi connectivity index (χ3n) is 3.17. The van der Waals surface area contributed by atoms with Crippen LogP contribution in [-0.4, -0.2) is 53.1 Å². The lowest BCUT2D eigenvalue weighted by atomic mass is 10.0. The van der Waals surface area contributed by atoms with Gasteiger partial charge in [0, 0.05) is 7.05 Å². The predicted octanol–water partition coefficient (Wildman–Crippen LogP) is 0.359. The van der Waals surface area contributed by atoms with Crippen molar-refractivity contribution < 1.29 is 28.8 Å². The number of carbonyl (C=O) groups excluding carboxylic acids is 1. The third-order valence-corrected chi connectivity index (χ3v) is 3.17. The number of aliphatic carboxylic acids is 1. The van der Waals surface area contributed by atoms with Crippen LogP contribution in [0.3, 0.4) is 0 Å². The topological polar surface area (TPSA) is 123 Å². The number of hydrogen-bond donors (Lipinski definition) is 1. The van der Waals surface area contributed by atoms with Crippen LogP contribution in [0, 0.1) is 16.0 Å². The summed E-state index contributed by atoms with van der Waals surface area (Å²) in [5.74, 6) is -3.26. The molecule has 0 bridgehead atoms. The summed E-state index contributed by atoms with van der Waals surface area (Å²) in [4.78, 5) is 34.0. The van der Waals surface area contributed by atoms with Crippen molar-refractivity contribution in [3.8, 4) is 0 Å². The van der Waals surface area contributed by atoms with E-state index in [0.717, 1.165) is 6.07 Å². The van der Waals surface area contributed by atoms with Crippen LogP contribution >= 0.6 is 0 Å². The van der Waals surface area contributed by atoms with Gasteiger partial charge in [-0.2, -0.15) is 0 Å². The van der Waals surface area contributed by atoms with Crippen molar-refractivity contribution in [2.45, 2.75) is 6.04 Å². The van der Waals surface area contributed by atoms with Crippen LogP contribution in [-0.2, 0) is 9.53 Å². The first-order chi connectivity index (χ1) is 9.41. The number of rotatable bonds is 4. The SMILES string of the molecule is CN(C(=O)c1ccc([N+](=O)[O-])o1)C1COCC1C(=O)O. The number of carboxylic acids is 1. The standard InChI is InChI=1S/C11H12N2O7/c1-12(7-5-19-4-6(7)11(15)16)10(14)8-2-3-9(20-8)13(17)18/h2-3,6-7H,4-5H2,1H3,(H,15,16). The van der Waals surface area contributed by atoms with E-state index in [-0.39, 0.29) is 19.0 Å². The van der Waals surface area contributed by atoms with Crippen LogP contribution in [0.2, 0.25) is 0 Å². The van der Waals surface area contributed by atoms with Gasteiger partial charge in [0.1, 0.15) is 10.8 Å². The molecule has 1 aliphatic rings. The molecule has 108 valence electrons. The molecule has 1 aromatic heterocycles. The Kier molecular flexibility index (Phi) is 3.70. The van der Waals surface area contributed by atoms with Crippen molar-refractivity contribution in [2.75, 3.05) is 20.3 Å². The molecule has 2 unspecified atom stereocenters. The molecular formula is C11H12N2O7. The van der Waals surface area contributed by atoms with Gasteiger partial charge < -0.3 is 19.2 Å². The molecular weight excluding hydrogens is 272 g/mol. The van der Waals surface area contributed by atoms with Crippen molar-refractivity contribution in [3.05, 3.63) is 28.0 Å². The van der Waals surface area contributed by atoms with E-state index in [1.165, 1.54) is 18.0 Å². The molecule has 9 heteroatoms. The molecule has 1 saturated heterocycles. The number of hydrogen-bond acceptors (Lipinski definition) is 6. The van der Waals surface area contributed by atoms with Gasteiger partial charge in [-0.3, -0.25) is 19.7 Å². The van der Waals surface area contributed by atoms with Crippen molar-refractivity contribution >= 4 is 17.8 Å². The quantitative estimate of drug-likeness (QED) is 0.625. The Morgan fingerprint density at radius 2 is 2.15 bits per heavy atom. The predicted molar refractivity (Wildman–Crippen MR) is 63.2 cm³/mol. The number of ether oxygens (including phenoxy) is 1. The van der Waals surface area contributed by atoms with Gasteiger partial charge in [0.25, 0.3) is 5.91 Å². The van der Waals surface area contributed by atoms with Gasteiger partial charge in [-0.15, -0.1) is 0 Å². The highest BCUT2D eigenvalue weighted by molar-refractivity contribution is 5.92. The Morgan fingerprint density at radius 3 is 2.70 bits per heavy atom. The molecule has 1 aromatic rings. The monoisotopic (exact) mass is 284 g/mol. The summed E-state index contributed by atoms with van der Waals surface area (Å²) in [6, 6.07) is 1.62. The molecule has 20 heavy (non-hydrogen) atoms. The van der Waals surface area contributed by atoms with E-state index >= 15 is 0 Å². The minimum Gasteiger partial charge on any atom is -0.481 e. The highest BCUT2D eigenvalue weighted by Crippen LogP contribution is 2.23. The van der Waals surface area contributed by atoms with Gasteiger partial charge in [0.15, 0.2) is 5.76 Å². The maximum absolute atomic E-state index is 12.1. The van der Waals surface area contributed by atoms with Gasteiger partial charge in [-0.25, -0.2) is 0 Å².